The zero-order chi connectivity index (χ0) is 22.4. The standard InChI is InChI=1S/C22H25N9O.2ClH/c1-12-7-18(29-31-21(12)25-15(4)28-31)16-5-6-17(20(32)8-16)19-9-23-22(27-26-19)30-10-13(2)24-14(3)11-30;;/h5-9,13-14,24,32H,10-11H2,1-4H3;2*1H/t13-,14+;;. The van der Waals surface area contributed by atoms with Crippen molar-refractivity contribution in [1.29, 1.82) is 0 Å². The molecular weight excluding hydrogens is 477 g/mol. The third-order valence-corrected chi connectivity index (χ3v) is 5.56. The van der Waals surface area contributed by atoms with Gasteiger partial charge < -0.3 is 15.3 Å². The van der Waals surface area contributed by atoms with Crippen LogP contribution in [-0.2, 0) is 0 Å². The van der Waals surface area contributed by atoms with Gasteiger partial charge in [-0.1, -0.05) is 6.07 Å². The average molecular weight is 504 g/mol. The van der Waals surface area contributed by atoms with Crippen molar-refractivity contribution in [1.82, 2.24) is 40.3 Å². The van der Waals surface area contributed by atoms with Crippen molar-refractivity contribution >= 4 is 36.4 Å². The lowest BCUT2D eigenvalue weighted by atomic mass is 10.0. The van der Waals surface area contributed by atoms with Gasteiger partial charge in [0.1, 0.15) is 17.3 Å². The second kappa shape index (κ2) is 10.0. The molecule has 0 aliphatic carbocycles. The normalized spacial score (nSPS) is 17.8. The van der Waals surface area contributed by atoms with Crippen molar-refractivity contribution < 1.29 is 5.11 Å². The maximum Gasteiger partial charge on any atom is 0.245 e. The minimum atomic E-state index is 0. The first-order valence-electron chi connectivity index (χ1n) is 10.6. The van der Waals surface area contributed by atoms with Gasteiger partial charge in [0.15, 0.2) is 5.65 Å². The first-order valence-corrected chi connectivity index (χ1v) is 10.6. The summed E-state index contributed by atoms with van der Waals surface area (Å²) in [6, 6.07) is 8.01. The molecule has 1 fully saturated rings. The quantitative estimate of drug-likeness (QED) is 0.434. The summed E-state index contributed by atoms with van der Waals surface area (Å²) < 4.78 is 1.52. The molecule has 1 aromatic carbocycles. The first-order chi connectivity index (χ1) is 15.4. The molecule has 4 heterocycles. The summed E-state index contributed by atoms with van der Waals surface area (Å²) in [6.07, 6.45) is 1.65. The number of phenols is 1. The van der Waals surface area contributed by atoms with E-state index in [9.17, 15) is 5.11 Å². The number of aromatic hydroxyl groups is 1. The molecule has 10 nitrogen and oxygen atoms in total. The van der Waals surface area contributed by atoms with E-state index in [0.29, 0.717) is 40.8 Å². The third kappa shape index (κ3) is 4.89. The second-order valence-corrected chi connectivity index (χ2v) is 8.43. The van der Waals surface area contributed by atoms with Crippen molar-refractivity contribution in [2.45, 2.75) is 39.8 Å². The van der Waals surface area contributed by atoms with Crippen molar-refractivity contribution in [2.75, 3.05) is 18.0 Å². The van der Waals surface area contributed by atoms with E-state index in [4.69, 9.17) is 0 Å². The van der Waals surface area contributed by atoms with Crippen LogP contribution in [0.5, 0.6) is 5.75 Å². The second-order valence-electron chi connectivity index (χ2n) is 8.43. The van der Waals surface area contributed by atoms with Gasteiger partial charge in [0, 0.05) is 36.3 Å². The number of aromatic nitrogens is 7. The maximum absolute atomic E-state index is 10.7. The van der Waals surface area contributed by atoms with Crippen LogP contribution in [0.4, 0.5) is 5.95 Å². The maximum atomic E-state index is 10.7. The molecule has 0 radical (unpaired) electrons. The average Bonchev–Trinajstić information content (AvgIpc) is 3.14. The lowest BCUT2D eigenvalue weighted by molar-refractivity contribution is 0.402. The lowest BCUT2D eigenvalue weighted by Gasteiger charge is -2.35. The van der Waals surface area contributed by atoms with E-state index >= 15 is 0 Å². The van der Waals surface area contributed by atoms with Crippen LogP contribution in [0, 0.1) is 13.8 Å². The summed E-state index contributed by atoms with van der Waals surface area (Å²) in [7, 11) is 0. The van der Waals surface area contributed by atoms with Gasteiger partial charge in [-0.25, -0.2) is 9.97 Å². The van der Waals surface area contributed by atoms with Crippen LogP contribution in [0.2, 0.25) is 0 Å². The predicted molar refractivity (Wildman–Crippen MR) is 135 cm³/mol. The van der Waals surface area contributed by atoms with E-state index in [1.807, 2.05) is 26.0 Å². The number of anilines is 1. The molecule has 34 heavy (non-hydrogen) atoms. The van der Waals surface area contributed by atoms with Crippen molar-refractivity contribution in [3.8, 4) is 28.3 Å². The van der Waals surface area contributed by atoms with Crippen LogP contribution in [0.1, 0.15) is 25.2 Å². The number of hydrogen-bond donors (Lipinski definition) is 2. The van der Waals surface area contributed by atoms with Gasteiger partial charge in [0.2, 0.25) is 5.95 Å². The van der Waals surface area contributed by atoms with E-state index in [2.05, 4.69) is 54.4 Å². The highest BCUT2D eigenvalue weighted by Gasteiger charge is 2.23. The van der Waals surface area contributed by atoms with Gasteiger partial charge in [0.25, 0.3) is 0 Å². The number of fused-ring (bicyclic) bond motifs is 1. The van der Waals surface area contributed by atoms with E-state index < -0.39 is 0 Å². The Morgan fingerprint density at radius 1 is 0.971 bits per heavy atom. The summed E-state index contributed by atoms with van der Waals surface area (Å²) in [5, 5.41) is 31.7. The molecule has 5 rings (SSSR count). The van der Waals surface area contributed by atoms with E-state index in [1.54, 1.807) is 18.3 Å². The molecule has 180 valence electrons. The molecular formula is C22H27Cl2N9O. The van der Waals surface area contributed by atoms with Crippen LogP contribution in [0.25, 0.3) is 28.2 Å². The van der Waals surface area contributed by atoms with Crippen LogP contribution >= 0.6 is 24.8 Å². The monoisotopic (exact) mass is 503 g/mol. The summed E-state index contributed by atoms with van der Waals surface area (Å²) in [5.74, 6) is 1.35. The van der Waals surface area contributed by atoms with Gasteiger partial charge in [-0.2, -0.15) is 0 Å². The molecule has 2 atom stereocenters. The van der Waals surface area contributed by atoms with Crippen LogP contribution in [0.3, 0.4) is 0 Å². The third-order valence-electron chi connectivity index (χ3n) is 5.56. The topological polar surface area (TPSA) is 117 Å². The molecule has 0 amide bonds. The van der Waals surface area contributed by atoms with E-state index in [1.165, 1.54) is 4.63 Å². The fraction of sp³-hybridized carbons (Fsp3) is 0.364. The highest BCUT2D eigenvalue weighted by atomic mass is 35.5. The molecule has 0 spiro atoms. The highest BCUT2D eigenvalue weighted by molar-refractivity contribution is 5.85. The number of rotatable bonds is 3. The fourth-order valence-electron chi connectivity index (χ4n) is 4.20. The van der Waals surface area contributed by atoms with Crippen LogP contribution in [-0.4, -0.2) is 65.3 Å². The Hall–Kier alpha value is -3.08. The van der Waals surface area contributed by atoms with Gasteiger partial charge in [-0.3, -0.25) is 0 Å². The minimum absolute atomic E-state index is 0. The Morgan fingerprint density at radius 3 is 2.35 bits per heavy atom. The molecule has 2 N–H and O–H groups in total. The van der Waals surface area contributed by atoms with Gasteiger partial charge in [0.05, 0.1) is 11.9 Å². The van der Waals surface area contributed by atoms with E-state index in [-0.39, 0.29) is 30.6 Å². The van der Waals surface area contributed by atoms with Crippen LogP contribution in [0.15, 0.2) is 30.5 Å². The van der Waals surface area contributed by atoms with Crippen LogP contribution < -0.4 is 10.2 Å². The highest BCUT2D eigenvalue weighted by Crippen LogP contribution is 2.32. The molecule has 1 aliphatic rings. The summed E-state index contributed by atoms with van der Waals surface area (Å²) in [6.45, 7) is 9.73. The van der Waals surface area contributed by atoms with Crippen molar-refractivity contribution in [3.63, 3.8) is 0 Å². The molecule has 1 saturated heterocycles. The number of phenolic OH excluding ortho intramolecular Hbond substituents is 1. The number of halogens is 2. The summed E-state index contributed by atoms with van der Waals surface area (Å²) in [4.78, 5) is 11.0. The number of piperazine rings is 1. The molecule has 12 heteroatoms. The smallest absolute Gasteiger partial charge is 0.245 e. The summed E-state index contributed by atoms with van der Waals surface area (Å²) in [5.41, 5.74) is 4.23. The minimum Gasteiger partial charge on any atom is -0.507 e. The predicted octanol–water partition coefficient (Wildman–Crippen LogP) is 3.00. The van der Waals surface area contributed by atoms with E-state index in [0.717, 1.165) is 29.9 Å². The summed E-state index contributed by atoms with van der Waals surface area (Å²) >= 11 is 0. The van der Waals surface area contributed by atoms with Crippen molar-refractivity contribution in [2.24, 2.45) is 0 Å². The lowest BCUT2D eigenvalue weighted by Crippen LogP contribution is -2.54. The Balaban J connectivity index is 0.00000162. The largest absolute Gasteiger partial charge is 0.507 e. The molecule has 1 aliphatic heterocycles. The zero-order valence-corrected chi connectivity index (χ0v) is 20.9. The molecule has 0 saturated carbocycles. The Morgan fingerprint density at radius 2 is 1.71 bits per heavy atom. The number of nitrogens with zero attached hydrogens (tertiary/aromatic N) is 8. The molecule has 0 unspecified atom stereocenters. The van der Waals surface area contributed by atoms with Crippen molar-refractivity contribution in [3.05, 3.63) is 41.9 Å². The zero-order valence-electron chi connectivity index (χ0n) is 19.3. The number of hydrogen-bond acceptors (Lipinski definition) is 9. The Kier molecular flexibility index (Phi) is 7.54. The first kappa shape index (κ1) is 25.5. The van der Waals surface area contributed by atoms with Gasteiger partial charge in [-0.15, -0.1) is 49.8 Å². The Bertz CT molecular complexity index is 1290. The number of benzene rings is 1. The molecule has 0 bridgehead atoms. The molecule has 4 aromatic rings. The fourth-order valence-corrected chi connectivity index (χ4v) is 4.20. The SMILES string of the molecule is Cc1nc2c(C)cc(-c3ccc(-c4cnc(N5C[C@@H](C)N[C@@H](C)C5)nn4)c(O)c3)nn2n1.Cl.Cl. The van der Waals surface area contributed by atoms with Gasteiger partial charge in [-0.05, 0) is 51.5 Å². The molecule has 3 aromatic heterocycles. The van der Waals surface area contributed by atoms with Gasteiger partial charge >= 0.3 is 0 Å². The Labute approximate surface area is 209 Å². The number of aryl methyl sites for hydroxylation is 2. The number of nitrogens with one attached hydrogen (secondary N) is 1.